The minimum Gasteiger partial charge on any atom is -0.293 e. The van der Waals surface area contributed by atoms with Gasteiger partial charge in [0.05, 0.1) is 5.03 Å². The zero-order valence-corrected chi connectivity index (χ0v) is 8.73. The Hall–Kier alpha value is -0.300. The van der Waals surface area contributed by atoms with Crippen molar-refractivity contribution in [2.24, 2.45) is 11.8 Å². The number of rotatable bonds is 0. The average molecular weight is 199 g/mol. The topological polar surface area (TPSA) is 17.1 Å². The van der Waals surface area contributed by atoms with Crippen molar-refractivity contribution < 1.29 is 4.79 Å². The number of fused-ring (bicyclic) bond motifs is 1. The molecule has 1 saturated carbocycles. The molecule has 0 aromatic rings. The molecule has 2 heteroatoms. The van der Waals surface area contributed by atoms with Gasteiger partial charge in [-0.25, -0.2) is 0 Å². The number of halogens is 1. The Morgan fingerprint density at radius 2 is 2.15 bits per heavy atom. The molecule has 1 nitrogen and oxygen atoms in total. The number of allylic oxidation sites excluding steroid dienone is 2. The van der Waals surface area contributed by atoms with Crippen LogP contribution in [0.2, 0.25) is 0 Å². The van der Waals surface area contributed by atoms with Crippen molar-refractivity contribution in [3.63, 3.8) is 0 Å². The second kappa shape index (κ2) is 3.45. The van der Waals surface area contributed by atoms with Gasteiger partial charge in [-0.3, -0.25) is 4.79 Å². The minimum absolute atomic E-state index is 0.176. The highest BCUT2D eigenvalue weighted by Gasteiger charge is 2.35. The van der Waals surface area contributed by atoms with E-state index in [-0.39, 0.29) is 5.78 Å². The molecule has 0 saturated heterocycles. The summed E-state index contributed by atoms with van der Waals surface area (Å²) in [6.07, 6.45) is 5.49. The summed E-state index contributed by atoms with van der Waals surface area (Å²) < 4.78 is 0. The molecule has 2 rings (SSSR count). The van der Waals surface area contributed by atoms with Gasteiger partial charge in [0.25, 0.3) is 0 Å². The van der Waals surface area contributed by atoms with E-state index in [1.165, 1.54) is 24.8 Å². The van der Waals surface area contributed by atoms with E-state index in [1.807, 2.05) is 0 Å². The molecule has 0 unspecified atom stereocenters. The summed E-state index contributed by atoms with van der Waals surface area (Å²) in [5.74, 6) is 1.30. The monoisotopic (exact) mass is 198 g/mol. The first-order valence-corrected chi connectivity index (χ1v) is 5.49. The fourth-order valence-corrected chi connectivity index (χ4v) is 2.89. The van der Waals surface area contributed by atoms with Gasteiger partial charge in [-0.05, 0) is 30.3 Å². The predicted molar refractivity (Wildman–Crippen MR) is 53.6 cm³/mol. The Balaban J connectivity index is 2.30. The van der Waals surface area contributed by atoms with E-state index >= 15 is 0 Å². The van der Waals surface area contributed by atoms with Gasteiger partial charge in [0, 0.05) is 6.42 Å². The highest BCUT2D eigenvalue weighted by molar-refractivity contribution is 6.43. The van der Waals surface area contributed by atoms with Crippen LogP contribution in [0.3, 0.4) is 0 Å². The maximum atomic E-state index is 11.4. The number of hydrogen-bond donors (Lipinski definition) is 0. The highest BCUT2D eigenvalue weighted by atomic mass is 35.5. The molecule has 0 spiro atoms. The van der Waals surface area contributed by atoms with Crippen LogP contribution in [-0.2, 0) is 4.79 Å². The number of carbonyl (C=O) groups is 1. The molecule has 0 bridgehead atoms. The molecular formula is C11H15ClO. The molecule has 0 radical (unpaired) electrons. The van der Waals surface area contributed by atoms with Gasteiger partial charge in [-0.15, -0.1) is 0 Å². The van der Waals surface area contributed by atoms with E-state index in [0.717, 1.165) is 6.42 Å². The van der Waals surface area contributed by atoms with E-state index in [2.05, 4.69) is 6.92 Å². The highest BCUT2D eigenvalue weighted by Crippen LogP contribution is 2.43. The number of carbonyl (C=O) groups excluding carboxylic acids is 1. The Labute approximate surface area is 84.2 Å². The smallest absolute Gasteiger partial charge is 0.174 e. The molecule has 0 aliphatic heterocycles. The third-order valence-corrected chi connectivity index (χ3v) is 3.88. The van der Waals surface area contributed by atoms with Gasteiger partial charge in [0.15, 0.2) is 5.78 Å². The molecule has 72 valence electrons. The molecule has 1 fully saturated rings. The lowest BCUT2D eigenvalue weighted by molar-refractivity contribution is -0.115. The van der Waals surface area contributed by atoms with Gasteiger partial charge >= 0.3 is 0 Å². The van der Waals surface area contributed by atoms with E-state index in [9.17, 15) is 4.79 Å². The van der Waals surface area contributed by atoms with Crippen LogP contribution in [0.4, 0.5) is 0 Å². The Morgan fingerprint density at radius 3 is 2.92 bits per heavy atom. The Kier molecular flexibility index (Phi) is 2.46. The average Bonchev–Trinajstić information content (AvgIpc) is 2.30. The van der Waals surface area contributed by atoms with Crippen LogP contribution in [0.25, 0.3) is 0 Å². The van der Waals surface area contributed by atoms with Crippen molar-refractivity contribution in [1.82, 2.24) is 0 Å². The van der Waals surface area contributed by atoms with Crippen LogP contribution in [0.5, 0.6) is 0 Å². The second-order valence-electron chi connectivity index (χ2n) is 4.30. The molecule has 2 aliphatic carbocycles. The molecular weight excluding hydrogens is 184 g/mol. The van der Waals surface area contributed by atoms with Crippen molar-refractivity contribution >= 4 is 17.4 Å². The van der Waals surface area contributed by atoms with Gasteiger partial charge in [-0.1, -0.05) is 31.4 Å². The van der Waals surface area contributed by atoms with Crippen LogP contribution < -0.4 is 0 Å². The standard InChI is InChI=1S/C11H15ClO/c1-7-4-2-3-5-8-9(7)6-10(13)11(8)12/h7,9H,2-6H2,1H3/t7-,9+/m0/s1. The van der Waals surface area contributed by atoms with E-state index in [0.29, 0.717) is 23.3 Å². The summed E-state index contributed by atoms with van der Waals surface area (Å²) in [6, 6.07) is 0. The summed E-state index contributed by atoms with van der Waals surface area (Å²) in [7, 11) is 0. The van der Waals surface area contributed by atoms with Crippen LogP contribution >= 0.6 is 11.6 Å². The number of Topliss-reactive ketones (excluding diaryl/α,β-unsaturated/α-hetero) is 1. The molecule has 0 aromatic heterocycles. The van der Waals surface area contributed by atoms with Gasteiger partial charge in [-0.2, -0.15) is 0 Å². The SMILES string of the molecule is C[C@H]1CCCCC2=C(Cl)C(=O)C[C@@H]21. The van der Waals surface area contributed by atoms with Crippen molar-refractivity contribution in [2.75, 3.05) is 0 Å². The third kappa shape index (κ3) is 1.54. The van der Waals surface area contributed by atoms with Gasteiger partial charge < -0.3 is 0 Å². The van der Waals surface area contributed by atoms with Crippen molar-refractivity contribution in [3.05, 3.63) is 10.6 Å². The zero-order chi connectivity index (χ0) is 9.42. The van der Waals surface area contributed by atoms with Crippen molar-refractivity contribution in [3.8, 4) is 0 Å². The molecule has 2 aliphatic rings. The third-order valence-electron chi connectivity index (χ3n) is 3.42. The summed E-state index contributed by atoms with van der Waals surface area (Å²) >= 11 is 6.00. The lowest BCUT2D eigenvalue weighted by atomic mass is 9.87. The summed E-state index contributed by atoms with van der Waals surface area (Å²) in [5, 5.41) is 0.568. The van der Waals surface area contributed by atoms with Crippen LogP contribution in [-0.4, -0.2) is 5.78 Å². The molecule has 2 atom stereocenters. The molecule has 0 heterocycles. The fraction of sp³-hybridized carbons (Fsp3) is 0.727. The summed E-state index contributed by atoms with van der Waals surface area (Å²) in [5.41, 5.74) is 1.26. The molecule has 0 aromatic carbocycles. The maximum Gasteiger partial charge on any atom is 0.174 e. The van der Waals surface area contributed by atoms with E-state index < -0.39 is 0 Å². The largest absolute Gasteiger partial charge is 0.293 e. The van der Waals surface area contributed by atoms with Crippen LogP contribution in [0, 0.1) is 11.8 Å². The normalized spacial score (nSPS) is 34.8. The maximum absolute atomic E-state index is 11.4. The Morgan fingerprint density at radius 1 is 1.38 bits per heavy atom. The molecule has 13 heavy (non-hydrogen) atoms. The summed E-state index contributed by atoms with van der Waals surface area (Å²) in [6.45, 7) is 2.25. The van der Waals surface area contributed by atoms with Gasteiger partial charge in [0.1, 0.15) is 0 Å². The zero-order valence-electron chi connectivity index (χ0n) is 7.98. The lowest BCUT2D eigenvalue weighted by Gasteiger charge is -2.17. The van der Waals surface area contributed by atoms with E-state index in [1.54, 1.807) is 0 Å². The lowest BCUT2D eigenvalue weighted by Crippen LogP contribution is -2.09. The van der Waals surface area contributed by atoms with Crippen molar-refractivity contribution in [1.29, 1.82) is 0 Å². The van der Waals surface area contributed by atoms with Crippen LogP contribution in [0.1, 0.15) is 39.0 Å². The molecule has 0 N–H and O–H groups in total. The Bertz CT molecular complexity index is 267. The first kappa shape index (κ1) is 9.26. The minimum atomic E-state index is 0.176. The first-order chi connectivity index (χ1) is 6.20. The quantitative estimate of drug-likeness (QED) is 0.584. The second-order valence-corrected chi connectivity index (χ2v) is 4.67. The molecule has 0 amide bonds. The van der Waals surface area contributed by atoms with Crippen LogP contribution in [0.15, 0.2) is 10.6 Å². The number of hydrogen-bond acceptors (Lipinski definition) is 1. The first-order valence-electron chi connectivity index (χ1n) is 5.12. The number of ketones is 1. The fourth-order valence-electron chi connectivity index (χ4n) is 2.58. The van der Waals surface area contributed by atoms with Gasteiger partial charge in [0.2, 0.25) is 0 Å². The van der Waals surface area contributed by atoms with Crippen molar-refractivity contribution in [2.45, 2.75) is 39.0 Å². The van der Waals surface area contributed by atoms with E-state index in [4.69, 9.17) is 11.6 Å². The predicted octanol–water partition coefficient (Wildman–Crippen LogP) is 3.28. The summed E-state index contributed by atoms with van der Waals surface area (Å²) in [4.78, 5) is 11.4.